The Bertz CT molecular complexity index is 1820. The maximum Gasteiger partial charge on any atom is 0.255 e. The molecule has 0 fully saturated rings. The van der Waals surface area contributed by atoms with Gasteiger partial charge in [-0.05, 0) is 74.8 Å². The number of aromatic nitrogens is 3. The van der Waals surface area contributed by atoms with Crippen molar-refractivity contribution in [3.05, 3.63) is 108 Å². The van der Waals surface area contributed by atoms with Crippen LogP contribution >= 0.6 is 11.6 Å². The summed E-state index contributed by atoms with van der Waals surface area (Å²) in [6.45, 7) is 0.620. The Kier molecular flexibility index (Phi) is 8.99. The Morgan fingerprint density at radius 1 is 1.00 bits per heavy atom. The number of amides is 2. The van der Waals surface area contributed by atoms with Gasteiger partial charge in [-0.3, -0.25) is 9.59 Å². The molecule has 2 aromatic heterocycles. The number of hydrogen-bond donors (Lipinski definition) is 3. The Labute approximate surface area is 254 Å². The molecule has 0 aliphatic heterocycles. The third-order valence-corrected chi connectivity index (χ3v) is 6.73. The molecule has 11 heteroatoms. The number of fused-ring (bicyclic) bond motifs is 1. The molecule has 43 heavy (non-hydrogen) atoms. The second kappa shape index (κ2) is 13.2. The number of hydrogen-bond acceptors (Lipinski definition) is 7. The largest absolute Gasteiger partial charge is 0.496 e. The van der Waals surface area contributed by atoms with Crippen molar-refractivity contribution in [2.45, 2.75) is 0 Å². The maximum atomic E-state index is 13.1. The van der Waals surface area contributed by atoms with Crippen LogP contribution in [0.3, 0.4) is 0 Å². The lowest BCUT2D eigenvalue weighted by Crippen LogP contribution is -2.15. The highest BCUT2D eigenvalue weighted by Crippen LogP contribution is 2.29. The molecule has 0 bridgehead atoms. The molecule has 5 rings (SSSR count). The summed E-state index contributed by atoms with van der Waals surface area (Å²) >= 11 is 6.27. The molecule has 0 aliphatic carbocycles. The van der Waals surface area contributed by atoms with Gasteiger partial charge in [0.05, 0.1) is 23.3 Å². The maximum absolute atomic E-state index is 13.1. The average molecular weight is 596 g/mol. The van der Waals surface area contributed by atoms with Crippen molar-refractivity contribution in [1.29, 1.82) is 0 Å². The van der Waals surface area contributed by atoms with Gasteiger partial charge in [0.2, 0.25) is 11.9 Å². The molecule has 2 amide bonds. The van der Waals surface area contributed by atoms with Crippen molar-refractivity contribution in [2.24, 2.45) is 0 Å². The fourth-order valence-electron chi connectivity index (χ4n) is 4.38. The van der Waals surface area contributed by atoms with Gasteiger partial charge in [-0.15, -0.1) is 0 Å². The van der Waals surface area contributed by atoms with Gasteiger partial charge in [0.1, 0.15) is 11.6 Å². The van der Waals surface area contributed by atoms with Crippen LogP contribution in [0.1, 0.15) is 10.4 Å². The lowest BCUT2D eigenvalue weighted by atomic mass is 10.1. The number of halogens is 1. The van der Waals surface area contributed by atoms with Crippen LogP contribution in [0.5, 0.6) is 5.75 Å². The predicted octanol–water partition coefficient (Wildman–Crippen LogP) is 6.13. The summed E-state index contributed by atoms with van der Waals surface area (Å²) in [6, 6.07) is 21.6. The van der Waals surface area contributed by atoms with E-state index in [0.717, 1.165) is 16.7 Å². The van der Waals surface area contributed by atoms with Gasteiger partial charge in [-0.1, -0.05) is 29.8 Å². The number of rotatable bonds is 10. The smallest absolute Gasteiger partial charge is 0.255 e. The number of benzene rings is 3. The third kappa shape index (κ3) is 7.18. The van der Waals surface area contributed by atoms with E-state index in [1.165, 1.54) is 12.1 Å². The topological polar surface area (TPSA) is 113 Å². The molecule has 0 aliphatic rings. The zero-order valence-corrected chi connectivity index (χ0v) is 24.6. The molecule has 2 heterocycles. The van der Waals surface area contributed by atoms with E-state index in [4.69, 9.17) is 16.3 Å². The fraction of sp³-hybridized carbons (Fsp3) is 0.125. The van der Waals surface area contributed by atoms with Crippen LogP contribution in [-0.4, -0.2) is 59.0 Å². The summed E-state index contributed by atoms with van der Waals surface area (Å²) in [4.78, 5) is 36.3. The standard InChI is InChI=1S/C32H30ClN7O3/c1-39(2)17-6-11-30(41)37-26-19-21(12-13-25(26)33)31(42)35-22-7-4-8-23(20-22)36-32-34-16-14-29(38-32)40-18-15-24-27(40)9-5-10-28(24)43-3/h4-16,18-20H,17H2,1-3H3,(H,35,42)(H,37,41)(H,34,36,38). The van der Waals surface area contributed by atoms with E-state index in [9.17, 15) is 9.59 Å². The Balaban J connectivity index is 1.28. The zero-order valence-electron chi connectivity index (χ0n) is 23.8. The normalized spacial score (nSPS) is 11.2. The summed E-state index contributed by atoms with van der Waals surface area (Å²) in [5, 5.41) is 10.1. The molecule has 0 atom stereocenters. The molecular formula is C32H30ClN7O3. The predicted molar refractivity (Wildman–Crippen MR) is 171 cm³/mol. The van der Waals surface area contributed by atoms with Gasteiger partial charge in [0.15, 0.2) is 0 Å². The number of nitrogens with zero attached hydrogens (tertiary/aromatic N) is 4. The van der Waals surface area contributed by atoms with Crippen LogP contribution in [0.4, 0.5) is 23.0 Å². The lowest BCUT2D eigenvalue weighted by molar-refractivity contribution is -0.111. The Morgan fingerprint density at radius 2 is 1.81 bits per heavy atom. The second-order valence-corrected chi connectivity index (χ2v) is 10.2. The van der Waals surface area contributed by atoms with Crippen molar-refractivity contribution < 1.29 is 14.3 Å². The fourth-order valence-corrected chi connectivity index (χ4v) is 4.54. The van der Waals surface area contributed by atoms with E-state index in [-0.39, 0.29) is 11.8 Å². The van der Waals surface area contributed by atoms with Crippen molar-refractivity contribution in [2.75, 3.05) is 43.7 Å². The van der Waals surface area contributed by atoms with Crippen LogP contribution in [0.15, 0.2) is 97.3 Å². The van der Waals surface area contributed by atoms with Gasteiger partial charge in [0.25, 0.3) is 5.91 Å². The number of carbonyl (C=O) groups excluding carboxylic acids is 2. The highest BCUT2D eigenvalue weighted by molar-refractivity contribution is 6.34. The number of anilines is 4. The molecule has 218 valence electrons. The van der Waals surface area contributed by atoms with Gasteiger partial charge in [-0.2, -0.15) is 4.98 Å². The first-order chi connectivity index (χ1) is 20.8. The summed E-state index contributed by atoms with van der Waals surface area (Å²) in [5.74, 6) is 1.17. The van der Waals surface area contributed by atoms with Gasteiger partial charge in [0, 0.05) is 47.3 Å². The van der Waals surface area contributed by atoms with Crippen molar-refractivity contribution in [3.63, 3.8) is 0 Å². The molecule has 0 unspecified atom stereocenters. The Hall–Kier alpha value is -5.19. The molecule has 0 saturated carbocycles. The van der Waals surface area contributed by atoms with E-state index in [1.54, 1.807) is 49.7 Å². The van der Waals surface area contributed by atoms with Crippen LogP contribution in [0, 0.1) is 0 Å². The molecule has 3 N–H and O–H groups in total. The van der Waals surface area contributed by atoms with Crippen LogP contribution in [0.25, 0.3) is 16.7 Å². The van der Waals surface area contributed by atoms with E-state index in [1.807, 2.05) is 66.2 Å². The quantitative estimate of drug-likeness (QED) is 0.166. The van der Waals surface area contributed by atoms with Crippen LogP contribution < -0.4 is 20.7 Å². The second-order valence-electron chi connectivity index (χ2n) is 9.83. The number of ether oxygens (including phenoxy) is 1. The molecular weight excluding hydrogens is 566 g/mol. The van der Waals surface area contributed by atoms with E-state index >= 15 is 0 Å². The van der Waals surface area contributed by atoms with Gasteiger partial charge < -0.3 is 30.2 Å². The van der Waals surface area contributed by atoms with Gasteiger partial charge in [-0.25, -0.2) is 4.98 Å². The van der Waals surface area contributed by atoms with Crippen LogP contribution in [0.2, 0.25) is 5.02 Å². The first-order valence-electron chi connectivity index (χ1n) is 13.4. The molecule has 3 aromatic carbocycles. The van der Waals surface area contributed by atoms with E-state index < -0.39 is 0 Å². The minimum atomic E-state index is -0.361. The van der Waals surface area contributed by atoms with E-state index in [0.29, 0.717) is 46.0 Å². The number of carbonyl (C=O) groups is 2. The Morgan fingerprint density at radius 3 is 2.63 bits per heavy atom. The minimum Gasteiger partial charge on any atom is -0.496 e. The summed E-state index contributed by atoms with van der Waals surface area (Å²) in [7, 11) is 5.46. The third-order valence-electron chi connectivity index (χ3n) is 6.40. The van der Waals surface area contributed by atoms with Crippen LogP contribution in [-0.2, 0) is 4.79 Å². The molecule has 5 aromatic rings. The SMILES string of the molecule is COc1cccc2c1ccn2-c1ccnc(Nc2cccc(NC(=O)c3ccc(Cl)c(NC(=O)C=CCN(C)C)c3)c2)n1. The monoisotopic (exact) mass is 595 g/mol. The summed E-state index contributed by atoms with van der Waals surface area (Å²) in [6.07, 6.45) is 6.78. The van der Waals surface area contributed by atoms with E-state index in [2.05, 4.69) is 25.9 Å². The highest BCUT2D eigenvalue weighted by atomic mass is 35.5. The number of likely N-dealkylation sites (N-methyl/N-ethyl adjacent to an activating group) is 1. The van der Waals surface area contributed by atoms with Crippen molar-refractivity contribution in [3.8, 4) is 11.6 Å². The summed E-state index contributed by atoms with van der Waals surface area (Å²) < 4.78 is 7.44. The first kappa shape index (κ1) is 29.3. The van der Waals surface area contributed by atoms with Crippen molar-refractivity contribution >= 4 is 57.3 Å². The molecule has 10 nitrogen and oxygen atoms in total. The molecule has 0 spiro atoms. The lowest BCUT2D eigenvalue weighted by Gasteiger charge is -2.11. The molecule has 0 radical (unpaired) electrons. The summed E-state index contributed by atoms with van der Waals surface area (Å²) in [5.41, 5.74) is 2.88. The zero-order chi connectivity index (χ0) is 30.3. The number of nitrogens with one attached hydrogen (secondary N) is 3. The number of methoxy groups -OCH3 is 1. The average Bonchev–Trinajstić information content (AvgIpc) is 3.43. The van der Waals surface area contributed by atoms with Crippen molar-refractivity contribution in [1.82, 2.24) is 19.4 Å². The highest BCUT2D eigenvalue weighted by Gasteiger charge is 2.12. The first-order valence-corrected chi connectivity index (χ1v) is 13.8. The minimum absolute atomic E-state index is 0.325. The van der Waals surface area contributed by atoms with Gasteiger partial charge >= 0.3 is 0 Å². The molecule has 0 saturated heterocycles.